The van der Waals surface area contributed by atoms with E-state index in [4.69, 9.17) is 18.4 Å². The minimum absolute atomic E-state index is 0.0626. The zero-order chi connectivity index (χ0) is 30.2. The Bertz CT molecular complexity index is 1570. The van der Waals surface area contributed by atoms with E-state index in [2.05, 4.69) is 39.2 Å². The molecule has 0 aromatic heterocycles. The molecule has 0 N–H and O–H groups in total. The number of esters is 1. The highest BCUT2D eigenvalue weighted by Gasteiger charge is 2.27. The van der Waals surface area contributed by atoms with Crippen LogP contribution in [0.5, 0.6) is 11.5 Å². The predicted molar refractivity (Wildman–Crippen MR) is 174 cm³/mol. The maximum atomic E-state index is 13.2. The zero-order valence-electron chi connectivity index (χ0n) is 23.9. The Balaban J connectivity index is 1.66. The van der Waals surface area contributed by atoms with Gasteiger partial charge in [-0.25, -0.2) is 4.79 Å². The molecule has 214 valence electrons. The van der Waals surface area contributed by atoms with E-state index in [1.54, 1.807) is 36.4 Å². The molecule has 42 heavy (non-hydrogen) atoms. The van der Waals surface area contributed by atoms with Crippen LogP contribution in [0.1, 0.15) is 40.9 Å². The number of hydrogen-bond acceptors (Lipinski definition) is 6. The molecule has 3 aromatic carbocycles. The average molecular weight is 579 g/mol. The van der Waals surface area contributed by atoms with Crippen LogP contribution in [-0.2, 0) is 9.47 Å². The normalized spacial score (nSPS) is 16.1. The summed E-state index contributed by atoms with van der Waals surface area (Å²) in [6, 6.07) is 18.5. The quantitative estimate of drug-likeness (QED) is 0.119. The molecule has 5 nitrogen and oxygen atoms in total. The summed E-state index contributed by atoms with van der Waals surface area (Å²) >= 11 is 3.82. The van der Waals surface area contributed by atoms with Gasteiger partial charge in [0.2, 0.25) is 0 Å². The van der Waals surface area contributed by atoms with Gasteiger partial charge in [0.15, 0.2) is 6.10 Å². The number of thiol groups is 1. The number of fused-ring (bicyclic) bond motifs is 1. The van der Waals surface area contributed by atoms with Crippen molar-refractivity contribution in [2.75, 3.05) is 13.2 Å². The Morgan fingerprint density at radius 1 is 0.857 bits per heavy atom. The lowest BCUT2D eigenvalue weighted by atomic mass is 9.87. The first-order valence-electron chi connectivity index (χ1n) is 13.4. The third kappa shape index (κ3) is 6.45. The Morgan fingerprint density at radius 2 is 1.50 bits per heavy atom. The Kier molecular flexibility index (Phi) is 9.94. The topological polar surface area (TPSA) is 54.0 Å². The second kappa shape index (κ2) is 13.8. The Morgan fingerprint density at radius 3 is 2.05 bits per heavy atom. The van der Waals surface area contributed by atoms with E-state index in [0.29, 0.717) is 22.8 Å². The summed E-state index contributed by atoms with van der Waals surface area (Å²) in [5, 5.41) is 0. The van der Waals surface area contributed by atoms with Crippen LogP contribution in [0.4, 0.5) is 0 Å². The molecule has 0 aliphatic carbocycles. The molecule has 0 spiro atoms. The Hall–Kier alpha value is -4.68. The SMILES string of the molecule is C=CC(=C(C)C)/C1=C(\C=C)OCC(OC(=O)c2ccc(-c3ccc(OS)cc3)cc2)COc2ccc(C=C)c(C=C)c21. The minimum Gasteiger partial charge on any atom is -0.489 e. The van der Waals surface area contributed by atoms with E-state index in [1.165, 1.54) is 0 Å². The number of carbonyl (C=O) groups is 1. The first-order valence-corrected chi connectivity index (χ1v) is 13.8. The molecule has 0 saturated carbocycles. The van der Waals surface area contributed by atoms with Gasteiger partial charge in [-0.3, -0.25) is 0 Å². The molecule has 0 bridgehead atoms. The smallest absolute Gasteiger partial charge is 0.338 e. The molecule has 0 saturated heterocycles. The lowest BCUT2D eigenvalue weighted by Gasteiger charge is -2.21. The van der Waals surface area contributed by atoms with Crippen molar-refractivity contribution in [1.29, 1.82) is 0 Å². The number of hydrogen-bond donors (Lipinski definition) is 1. The second-order valence-electron chi connectivity index (χ2n) is 9.75. The third-order valence-electron chi connectivity index (χ3n) is 6.90. The molecule has 4 rings (SSSR count). The lowest BCUT2D eigenvalue weighted by molar-refractivity contribution is -0.00563. The summed E-state index contributed by atoms with van der Waals surface area (Å²) in [7, 11) is 0. The van der Waals surface area contributed by atoms with Crippen LogP contribution < -0.4 is 8.92 Å². The number of ether oxygens (including phenoxy) is 3. The van der Waals surface area contributed by atoms with Crippen LogP contribution >= 0.6 is 12.9 Å². The fraction of sp³-hybridized carbons (Fsp3) is 0.139. The minimum atomic E-state index is -0.696. The van der Waals surface area contributed by atoms with Gasteiger partial charge in [-0.1, -0.05) is 80.4 Å². The summed E-state index contributed by atoms with van der Waals surface area (Å²) in [4.78, 5) is 13.2. The average Bonchev–Trinajstić information content (AvgIpc) is 3.09. The summed E-state index contributed by atoms with van der Waals surface area (Å²) in [5.41, 5.74) is 7.53. The van der Waals surface area contributed by atoms with Crippen LogP contribution in [0, 0.1) is 0 Å². The monoisotopic (exact) mass is 578 g/mol. The maximum absolute atomic E-state index is 13.2. The van der Waals surface area contributed by atoms with Gasteiger partial charge in [0.1, 0.15) is 30.5 Å². The molecule has 1 aliphatic heterocycles. The number of benzene rings is 3. The van der Waals surface area contributed by atoms with Gasteiger partial charge in [-0.05, 0) is 78.1 Å². The molecular weight excluding hydrogens is 544 g/mol. The molecular formula is C36H34O5S. The van der Waals surface area contributed by atoms with Gasteiger partial charge < -0.3 is 18.4 Å². The van der Waals surface area contributed by atoms with Crippen molar-refractivity contribution >= 4 is 36.6 Å². The molecule has 1 unspecified atom stereocenters. The van der Waals surface area contributed by atoms with Gasteiger partial charge in [0.05, 0.1) is 5.56 Å². The van der Waals surface area contributed by atoms with Crippen molar-refractivity contribution in [1.82, 2.24) is 0 Å². The fourth-order valence-corrected chi connectivity index (χ4v) is 4.90. The van der Waals surface area contributed by atoms with Gasteiger partial charge >= 0.3 is 5.97 Å². The largest absolute Gasteiger partial charge is 0.489 e. The molecule has 3 aromatic rings. The maximum Gasteiger partial charge on any atom is 0.338 e. The summed E-state index contributed by atoms with van der Waals surface area (Å²) in [6.07, 6.45) is 6.28. The standard InChI is InChI=1S/C36H34O5S/c1-7-24-17-20-33-35(31(24)9-3)34(30(8-2)23(5)6)32(10-4)38-21-29(22-39-33)40-36(37)27-13-11-25(12-14-27)26-15-18-28(41-42)19-16-26/h7-20,29,42H,1-4,21-22H2,5-6H3/b34-32-. The summed E-state index contributed by atoms with van der Waals surface area (Å²) < 4.78 is 23.4. The van der Waals surface area contributed by atoms with E-state index in [-0.39, 0.29) is 13.2 Å². The Labute approximate surface area is 253 Å². The first kappa shape index (κ1) is 30.3. The molecule has 1 aliphatic rings. The predicted octanol–water partition coefficient (Wildman–Crippen LogP) is 8.92. The van der Waals surface area contributed by atoms with E-state index in [0.717, 1.165) is 44.5 Å². The molecule has 1 heterocycles. The number of carbonyl (C=O) groups excluding carboxylic acids is 1. The highest BCUT2D eigenvalue weighted by molar-refractivity contribution is 7.75. The number of allylic oxidation sites excluding steroid dienone is 5. The van der Waals surface area contributed by atoms with Gasteiger partial charge in [-0.15, -0.1) is 0 Å². The van der Waals surface area contributed by atoms with Crippen LogP contribution in [0.15, 0.2) is 116 Å². The van der Waals surface area contributed by atoms with Crippen molar-refractivity contribution in [2.24, 2.45) is 0 Å². The van der Waals surface area contributed by atoms with E-state index in [1.807, 2.05) is 62.4 Å². The zero-order valence-corrected chi connectivity index (χ0v) is 24.8. The molecule has 6 heteroatoms. The van der Waals surface area contributed by atoms with E-state index >= 15 is 0 Å². The van der Waals surface area contributed by atoms with Crippen LogP contribution in [0.25, 0.3) is 28.9 Å². The van der Waals surface area contributed by atoms with Gasteiger partial charge in [0.25, 0.3) is 0 Å². The molecule has 0 radical (unpaired) electrons. The van der Waals surface area contributed by atoms with E-state index in [9.17, 15) is 4.79 Å². The highest BCUT2D eigenvalue weighted by Crippen LogP contribution is 2.41. The molecule has 0 amide bonds. The third-order valence-corrected chi connectivity index (χ3v) is 7.11. The van der Waals surface area contributed by atoms with Crippen molar-refractivity contribution in [2.45, 2.75) is 20.0 Å². The fourth-order valence-electron chi connectivity index (χ4n) is 4.78. The van der Waals surface area contributed by atoms with Crippen LogP contribution in [-0.4, -0.2) is 25.3 Å². The highest BCUT2D eigenvalue weighted by atomic mass is 32.1. The van der Waals surface area contributed by atoms with Gasteiger partial charge in [-0.2, -0.15) is 0 Å². The lowest BCUT2D eigenvalue weighted by Crippen LogP contribution is -2.29. The van der Waals surface area contributed by atoms with E-state index < -0.39 is 12.1 Å². The second-order valence-corrected chi connectivity index (χ2v) is 9.94. The van der Waals surface area contributed by atoms with Gasteiger partial charge in [0, 0.05) is 24.0 Å². The van der Waals surface area contributed by atoms with Crippen molar-refractivity contribution < 1.29 is 23.2 Å². The van der Waals surface area contributed by atoms with Crippen LogP contribution in [0.3, 0.4) is 0 Å². The van der Waals surface area contributed by atoms with Crippen molar-refractivity contribution in [3.05, 3.63) is 138 Å². The molecule has 1 atom stereocenters. The number of rotatable bonds is 9. The van der Waals surface area contributed by atoms with Crippen LogP contribution in [0.2, 0.25) is 0 Å². The summed E-state index contributed by atoms with van der Waals surface area (Å²) in [5.74, 6) is 1.28. The van der Waals surface area contributed by atoms with Crippen molar-refractivity contribution in [3.8, 4) is 22.6 Å². The summed E-state index contributed by atoms with van der Waals surface area (Å²) in [6.45, 7) is 20.2. The first-order chi connectivity index (χ1) is 20.3. The molecule has 0 fully saturated rings. The van der Waals surface area contributed by atoms with Crippen molar-refractivity contribution in [3.63, 3.8) is 0 Å².